The van der Waals surface area contributed by atoms with Crippen LogP contribution >= 0.6 is 0 Å². The first-order valence-corrected chi connectivity index (χ1v) is 18.3. The van der Waals surface area contributed by atoms with E-state index >= 15 is 0 Å². The van der Waals surface area contributed by atoms with Crippen molar-refractivity contribution in [2.75, 3.05) is 0 Å². The average Bonchev–Trinajstić information content (AvgIpc) is 2.97. The van der Waals surface area contributed by atoms with E-state index in [1.54, 1.807) is 0 Å². The molecule has 0 saturated heterocycles. The number of allylic oxidation sites excluding steroid dienone is 4. The molecule has 2 N–H and O–H groups in total. The number of hydrogen-bond donors (Lipinski definition) is 2. The summed E-state index contributed by atoms with van der Waals surface area (Å²) in [5, 5.41) is 19.5. The minimum Gasteiger partial charge on any atom is -0.481 e. The third-order valence-corrected chi connectivity index (χ3v) is 8.70. The molecular formula is C38H70O4. The van der Waals surface area contributed by atoms with E-state index in [-0.39, 0.29) is 0 Å². The van der Waals surface area contributed by atoms with Gasteiger partial charge in [0.2, 0.25) is 0 Å². The number of carbonyl (C=O) groups is 2. The van der Waals surface area contributed by atoms with Gasteiger partial charge in [-0.05, 0) is 44.9 Å². The minimum absolute atomic E-state index is 0.476. The topological polar surface area (TPSA) is 74.6 Å². The molecule has 0 aliphatic heterocycles. The van der Waals surface area contributed by atoms with Crippen molar-refractivity contribution in [1.82, 2.24) is 0 Å². The Morgan fingerprint density at radius 1 is 0.429 bits per heavy atom. The van der Waals surface area contributed by atoms with E-state index in [9.17, 15) is 19.8 Å². The maximum Gasteiger partial charge on any atom is 0.307 e. The Hall–Kier alpha value is -1.58. The van der Waals surface area contributed by atoms with Crippen molar-refractivity contribution in [3.05, 3.63) is 24.3 Å². The molecule has 0 aromatic heterocycles. The van der Waals surface area contributed by atoms with E-state index in [1.807, 2.05) is 0 Å². The fourth-order valence-electron chi connectivity index (χ4n) is 5.90. The quantitative estimate of drug-likeness (QED) is 0.0589. The van der Waals surface area contributed by atoms with Gasteiger partial charge in [-0.1, -0.05) is 173 Å². The number of hydrogen-bond acceptors (Lipinski definition) is 2. The largest absolute Gasteiger partial charge is 0.481 e. The Bertz CT molecular complexity index is 653. The summed E-state index contributed by atoms with van der Waals surface area (Å²) in [4.78, 5) is 23.8. The van der Waals surface area contributed by atoms with Crippen molar-refractivity contribution in [3.63, 3.8) is 0 Å². The van der Waals surface area contributed by atoms with Crippen molar-refractivity contribution in [2.24, 2.45) is 11.8 Å². The van der Waals surface area contributed by atoms with Gasteiger partial charge in [0.25, 0.3) is 0 Å². The Morgan fingerprint density at radius 2 is 0.714 bits per heavy atom. The van der Waals surface area contributed by atoms with Gasteiger partial charge in [-0.2, -0.15) is 0 Å². The molecule has 0 aliphatic rings. The zero-order valence-electron chi connectivity index (χ0n) is 28.0. The van der Waals surface area contributed by atoms with Gasteiger partial charge in [-0.25, -0.2) is 0 Å². The van der Waals surface area contributed by atoms with E-state index < -0.39 is 23.8 Å². The highest BCUT2D eigenvalue weighted by molar-refractivity contribution is 5.79. The Labute approximate surface area is 261 Å². The Kier molecular flexibility index (Phi) is 31.1. The number of carboxylic acid groups (broad SMARTS) is 2. The lowest BCUT2D eigenvalue weighted by atomic mass is 9.84. The summed E-state index contributed by atoms with van der Waals surface area (Å²) >= 11 is 0. The molecule has 0 fully saturated rings. The lowest BCUT2D eigenvalue weighted by Gasteiger charge is -2.20. The monoisotopic (exact) mass is 591 g/mol. The molecule has 4 heteroatoms. The first-order valence-electron chi connectivity index (χ1n) is 18.3. The predicted molar refractivity (Wildman–Crippen MR) is 181 cm³/mol. The van der Waals surface area contributed by atoms with Gasteiger partial charge in [-0.15, -0.1) is 0 Å². The predicted octanol–water partition coefficient (Wildman–Crippen LogP) is 12.5. The molecule has 0 spiro atoms. The fraction of sp³-hybridized carbons (Fsp3) is 0.842. The number of unbranched alkanes of at least 4 members (excludes halogenated alkanes) is 22. The highest BCUT2D eigenvalue weighted by Crippen LogP contribution is 2.26. The van der Waals surface area contributed by atoms with E-state index in [4.69, 9.17) is 0 Å². The maximum atomic E-state index is 11.9. The summed E-state index contributed by atoms with van der Waals surface area (Å²) in [6.07, 6.45) is 41.6. The van der Waals surface area contributed by atoms with Gasteiger partial charge in [-0.3, -0.25) is 9.59 Å². The molecular weight excluding hydrogens is 520 g/mol. The highest BCUT2D eigenvalue weighted by atomic mass is 16.4. The van der Waals surface area contributed by atoms with Crippen LogP contribution in [0.2, 0.25) is 0 Å². The third kappa shape index (κ3) is 27.3. The van der Waals surface area contributed by atoms with Crippen molar-refractivity contribution < 1.29 is 19.8 Å². The molecule has 0 amide bonds. The van der Waals surface area contributed by atoms with Crippen molar-refractivity contribution in [3.8, 4) is 0 Å². The van der Waals surface area contributed by atoms with Crippen LogP contribution in [0.1, 0.15) is 194 Å². The zero-order chi connectivity index (χ0) is 30.9. The molecule has 0 bridgehead atoms. The summed E-state index contributed by atoms with van der Waals surface area (Å²) < 4.78 is 0. The van der Waals surface area contributed by atoms with E-state index in [2.05, 4.69) is 38.2 Å². The van der Waals surface area contributed by atoms with Crippen LogP contribution in [0.3, 0.4) is 0 Å². The molecule has 0 aromatic rings. The van der Waals surface area contributed by atoms with Crippen molar-refractivity contribution in [1.29, 1.82) is 0 Å². The summed E-state index contributed by atoms with van der Waals surface area (Å²) in [5.41, 5.74) is 0. The molecule has 0 radical (unpaired) electrons. The molecule has 0 aromatic carbocycles. The molecule has 0 aliphatic carbocycles. The Morgan fingerprint density at radius 3 is 1.07 bits per heavy atom. The second-order valence-corrected chi connectivity index (χ2v) is 12.6. The van der Waals surface area contributed by atoms with E-state index in [0.29, 0.717) is 12.8 Å². The molecule has 42 heavy (non-hydrogen) atoms. The van der Waals surface area contributed by atoms with E-state index in [1.165, 1.54) is 109 Å². The van der Waals surface area contributed by atoms with Gasteiger partial charge in [0.15, 0.2) is 0 Å². The molecule has 0 heterocycles. The van der Waals surface area contributed by atoms with Crippen LogP contribution in [0.5, 0.6) is 0 Å². The second kappa shape index (κ2) is 32.3. The van der Waals surface area contributed by atoms with Gasteiger partial charge in [0, 0.05) is 0 Å². The second-order valence-electron chi connectivity index (χ2n) is 12.6. The third-order valence-electron chi connectivity index (χ3n) is 8.70. The molecule has 2 atom stereocenters. The lowest BCUT2D eigenvalue weighted by Crippen LogP contribution is -2.30. The van der Waals surface area contributed by atoms with Gasteiger partial charge in [0.05, 0.1) is 11.8 Å². The normalized spacial score (nSPS) is 13.3. The van der Waals surface area contributed by atoms with Gasteiger partial charge >= 0.3 is 11.9 Å². The van der Waals surface area contributed by atoms with Crippen LogP contribution in [-0.4, -0.2) is 22.2 Å². The van der Waals surface area contributed by atoms with Crippen LogP contribution in [0.15, 0.2) is 24.3 Å². The maximum absolute atomic E-state index is 11.9. The summed E-state index contributed by atoms with van der Waals surface area (Å²) in [5.74, 6) is -3.40. The van der Waals surface area contributed by atoms with Crippen LogP contribution in [-0.2, 0) is 9.59 Å². The smallest absolute Gasteiger partial charge is 0.307 e. The minimum atomic E-state index is -0.940. The lowest BCUT2D eigenvalue weighted by molar-refractivity contribution is -0.154. The molecule has 2 unspecified atom stereocenters. The first-order chi connectivity index (χ1) is 20.5. The number of aliphatic carboxylic acids is 2. The van der Waals surface area contributed by atoms with E-state index in [0.717, 1.165) is 57.8 Å². The fourth-order valence-corrected chi connectivity index (χ4v) is 5.90. The Balaban J connectivity index is 3.86. The van der Waals surface area contributed by atoms with Crippen LogP contribution in [0.4, 0.5) is 0 Å². The summed E-state index contributed by atoms with van der Waals surface area (Å²) in [6, 6.07) is 0. The summed E-state index contributed by atoms with van der Waals surface area (Å²) in [7, 11) is 0. The number of carboxylic acids is 2. The van der Waals surface area contributed by atoms with Crippen molar-refractivity contribution >= 4 is 11.9 Å². The van der Waals surface area contributed by atoms with Gasteiger partial charge < -0.3 is 10.2 Å². The van der Waals surface area contributed by atoms with Crippen molar-refractivity contribution in [2.45, 2.75) is 194 Å². The number of rotatable bonds is 33. The summed E-state index contributed by atoms with van der Waals surface area (Å²) in [6.45, 7) is 4.50. The molecule has 246 valence electrons. The zero-order valence-corrected chi connectivity index (χ0v) is 28.0. The first kappa shape index (κ1) is 40.4. The highest BCUT2D eigenvalue weighted by Gasteiger charge is 2.32. The molecule has 4 nitrogen and oxygen atoms in total. The van der Waals surface area contributed by atoms with Gasteiger partial charge in [0.1, 0.15) is 0 Å². The van der Waals surface area contributed by atoms with Crippen LogP contribution in [0.25, 0.3) is 0 Å². The SMILES string of the molecule is CCCCC/C=C\C/C=C\CCCCCCC(C(=O)O)C(CCCCCCCCCCCCCCCCCC)C(=O)O. The standard InChI is InChI=1S/C38H70O4/c1-3-5-7-9-11-13-15-17-19-20-22-24-26-28-30-32-34-36(38(41)42)35(37(39)40)33-31-29-27-25-23-21-18-16-14-12-10-8-6-4-2/h12,14,18,21,35-36H,3-11,13,15-17,19-20,22-34H2,1-2H3,(H,39,40)(H,41,42)/b14-12-,21-18-. The molecule has 0 saturated carbocycles. The average molecular weight is 591 g/mol. The van der Waals surface area contributed by atoms with Crippen LogP contribution < -0.4 is 0 Å². The molecule has 0 rings (SSSR count). The van der Waals surface area contributed by atoms with Crippen LogP contribution in [0, 0.1) is 11.8 Å².